The Labute approximate surface area is 126 Å². The summed E-state index contributed by atoms with van der Waals surface area (Å²) in [5.41, 5.74) is 0.981. The van der Waals surface area contributed by atoms with Crippen LogP contribution in [0.1, 0.15) is 36.3 Å². The van der Waals surface area contributed by atoms with E-state index in [1.807, 2.05) is 37.3 Å². The van der Waals surface area contributed by atoms with Crippen LogP contribution in [-0.2, 0) is 6.42 Å². The van der Waals surface area contributed by atoms with Gasteiger partial charge in [-0.1, -0.05) is 13.0 Å². The topological polar surface area (TPSA) is 22.4 Å². The fourth-order valence-electron chi connectivity index (χ4n) is 1.83. The van der Waals surface area contributed by atoms with E-state index in [0.29, 0.717) is 6.61 Å². The van der Waals surface area contributed by atoms with E-state index in [0.717, 1.165) is 33.7 Å². The molecule has 0 aliphatic heterocycles. The first-order chi connectivity index (χ1) is 9.15. The van der Waals surface area contributed by atoms with Gasteiger partial charge < -0.3 is 9.15 Å². The van der Waals surface area contributed by atoms with Crippen molar-refractivity contribution in [2.24, 2.45) is 0 Å². The highest BCUT2D eigenvalue weighted by molar-refractivity contribution is 9.10. The van der Waals surface area contributed by atoms with Crippen molar-refractivity contribution in [3.63, 3.8) is 0 Å². The summed E-state index contributed by atoms with van der Waals surface area (Å²) in [4.78, 5) is 0. The Kier molecular flexibility index (Phi) is 4.94. The van der Waals surface area contributed by atoms with E-state index in [1.165, 1.54) is 0 Å². The second kappa shape index (κ2) is 6.49. The molecule has 1 unspecified atom stereocenters. The molecule has 0 aliphatic carbocycles. The SMILES string of the molecule is CCOc1ccc(C(Cl)c2ccc(CC)o2)cc1Br. The largest absolute Gasteiger partial charge is 0.493 e. The van der Waals surface area contributed by atoms with Crippen LogP contribution in [0.3, 0.4) is 0 Å². The number of alkyl halides is 1. The third kappa shape index (κ3) is 3.34. The lowest BCUT2D eigenvalue weighted by Gasteiger charge is -2.11. The lowest BCUT2D eigenvalue weighted by molar-refractivity contribution is 0.338. The van der Waals surface area contributed by atoms with Gasteiger partial charge in [-0.15, -0.1) is 11.6 Å². The van der Waals surface area contributed by atoms with Crippen molar-refractivity contribution in [1.29, 1.82) is 0 Å². The summed E-state index contributed by atoms with van der Waals surface area (Å²) in [7, 11) is 0. The quantitative estimate of drug-likeness (QED) is 0.684. The number of halogens is 2. The molecule has 0 N–H and O–H groups in total. The summed E-state index contributed by atoms with van der Waals surface area (Å²) in [6.45, 7) is 4.65. The molecule has 0 bridgehead atoms. The van der Waals surface area contributed by atoms with Gasteiger partial charge in [-0.05, 0) is 52.7 Å². The zero-order valence-corrected chi connectivity index (χ0v) is 13.3. The molecule has 1 aromatic heterocycles. The molecule has 1 heterocycles. The highest BCUT2D eigenvalue weighted by Crippen LogP contribution is 2.34. The predicted molar refractivity (Wildman–Crippen MR) is 81.1 cm³/mol. The number of ether oxygens (including phenoxy) is 1. The van der Waals surface area contributed by atoms with Gasteiger partial charge in [0.2, 0.25) is 0 Å². The van der Waals surface area contributed by atoms with Crippen molar-refractivity contribution >= 4 is 27.5 Å². The monoisotopic (exact) mass is 342 g/mol. The number of hydrogen-bond acceptors (Lipinski definition) is 2. The Morgan fingerprint density at radius 1 is 1.26 bits per heavy atom. The summed E-state index contributed by atoms with van der Waals surface area (Å²) in [5.74, 6) is 2.55. The van der Waals surface area contributed by atoms with Crippen LogP contribution in [0.15, 0.2) is 39.2 Å². The molecule has 0 saturated heterocycles. The maximum atomic E-state index is 6.45. The molecule has 0 amide bonds. The molecule has 1 aromatic carbocycles. The average molecular weight is 344 g/mol. The van der Waals surface area contributed by atoms with Crippen LogP contribution in [0.4, 0.5) is 0 Å². The van der Waals surface area contributed by atoms with Gasteiger partial charge in [-0.3, -0.25) is 0 Å². The summed E-state index contributed by atoms with van der Waals surface area (Å²) in [6, 6.07) is 9.75. The molecule has 0 saturated carbocycles. The highest BCUT2D eigenvalue weighted by atomic mass is 79.9. The summed E-state index contributed by atoms with van der Waals surface area (Å²) in [6.07, 6.45) is 0.872. The maximum absolute atomic E-state index is 6.45. The van der Waals surface area contributed by atoms with Gasteiger partial charge in [-0.2, -0.15) is 0 Å². The molecule has 0 aliphatic rings. The van der Waals surface area contributed by atoms with Gasteiger partial charge in [0, 0.05) is 6.42 Å². The molecule has 0 radical (unpaired) electrons. The van der Waals surface area contributed by atoms with Crippen LogP contribution in [0.25, 0.3) is 0 Å². The Morgan fingerprint density at radius 3 is 2.63 bits per heavy atom. The van der Waals surface area contributed by atoms with E-state index in [1.54, 1.807) is 0 Å². The maximum Gasteiger partial charge on any atom is 0.133 e. The standard InChI is InChI=1S/C15H16BrClO2/c1-3-11-6-8-14(19-11)15(17)10-5-7-13(18-4-2)12(16)9-10/h5-9,15H,3-4H2,1-2H3. The second-order valence-corrected chi connectivity index (χ2v) is 5.43. The minimum Gasteiger partial charge on any atom is -0.493 e. The van der Waals surface area contributed by atoms with E-state index in [4.69, 9.17) is 20.8 Å². The zero-order valence-electron chi connectivity index (χ0n) is 11.0. The van der Waals surface area contributed by atoms with Crippen LogP contribution in [-0.4, -0.2) is 6.61 Å². The molecule has 2 nitrogen and oxygen atoms in total. The van der Waals surface area contributed by atoms with Gasteiger partial charge in [0.15, 0.2) is 0 Å². The van der Waals surface area contributed by atoms with Crippen molar-refractivity contribution < 1.29 is 9.15 Å². The minimum atomic E-state index is -0.285. The summed E-state index contributed by atoms with van der Waals surface area (Å²) in [5, 5.41) is -0.285. The lowest BCUT2D eigenvalue weighted by atomic mass is 10.1. The Morgan fingerprint density at radius 2 is 2.05 bits per heavy atom. The number of hydrogen-bond donors (Lipinski definition) is 0. The average Bonchev–Trinajstić information content (AvgIpc) is 2.89. The second-order valence-electron chi connectivity index (χ2n) is 4.14. The molecule has 102 valence electrons. The molecular formula is C15H16BrClO2. The molecule has 2 rings (SSSR count). The van der Waals surface area contributed by atoms with Crippen LogP contribution < -0.4 is 4.74 Å². The first kappa shape index (κ1) is 14.5. The smallest absolute Gasteiger partial charge is 0.133 e. The zero-order chi connectivity index (χ0) is 13.8. The van der Waals surface area contributed by atoms with Gasteiger partial charge in [0.05, 0.1) is 11.1 Å². The molecule has 19 heavy (non-hydrogen) atoms. The third-order valence-corrected chi connectivity index (χ3v) is 3.92. The predicted octanol–water partition coefficient (Wildman–Crippen LogP) is 5.33. The summed E-state index contributed by atoms with van der Waals surface area (Å²) >= 11 is 9.94. The Bertz CT molecular complexity index is 551. The first-order valence-electron chi connectivity index (χ1n) is 6.30. The third-order valence-electron chi connectivity index (χ3n) is 2.83. The van der Waals surface area contributed by atoms with Crippen molar-refractivity contribution in [1.82, 2.24) is 0 Å². The first-order valence-corrected chi connectivity index (χ1v) is 7.53. The van der Waals surface area contributed by atoms with Crippen LogP contribution in [0, 0.1) is 0 Å². The van der Waals surface area contributed by atoms with E-state index in [-0.39, 0.29) is 5.38 Å². The van der Waals surface area contributed by atoms with Crippen LogP contribution in [0.5, 0.6) is 5.75 Å². The normalized spacial score (nSPS) is 12.4. The lowest BCUT2D eigenvalue weighted by Crippen LogP contribution is -1.95. The molecule has 0 spiro atoms. The number of benzene rings is 1. The Balaban J connectivity index is 2.23. The fraction of sp³-hybridized carbons (Fsp3) is 0.333. The molecule has 1 atom stereocenters. The van der Waals surface area contributed by atoms with Gasteiger partial charge in [-0.25, -0.2) is 0 Å². The van der Waals surface area contributed by atoms with Gasteiger partial charge >= 0.3 is 0 Å². The van der Waals surface area contributed by atoms with Crippen molar-refractivity contribution in [3.8, 4) is 5.75 Å². The minimum absolute atomic E-state index is 0.285. The van der Waals surface area contributed by atoms with E-state index in [9.17, 15) is 0 Å². The number of aryl methyl sites for hydroxylation is 1. The van der Waals surface area contributed by atoms with E-state index >= 15 is 0 Å². The number of furan rings is 1. The molecule has 2 aromatic rings. The fourth-order valence-corrected chi connectivity index (χ4v) is 2.60. The summed E-state index contributed by atoms with van der Waals surface area (Å²) < 4.78 is 12.1. The van der Waals surface area contributed by atoms with Crippen LogP contribution >= 0.6 is 27.5 Å². The van der Waals surface area contributed by atoms with Crippen LogP contribution in [0.2, 0.25) is 0 Å². The highest BCUT2D eigenvalue weighted by Gasteiger charge is 2.16. The van der Waals surface area contributed by atoms with Crippen molar-refractivity contribution in [2.45, 2.75) is 25.6 Å². The van der Waals surface area contributed by atoms with Crippen molar-refractivity contribution in [2.75, 3.05) is 6.61 Å². The molecule has 4 heteroatoms. The van der Waals surface area contributed by atoms with Gasteiger partial charge in [0.1, 0.15) is 22.6 Å². The molecular weight excluding hydrogens is 328 g/mol. The van der Waals surface area contributed by atoms with Crippen molar-refractivity contribution in [3.05, 3.63) is 51.9 Å². The van der Waals surface area contributed by atoms with E-state index < -0.39 is 0 Å². The van der Waals surface area contributed by atoms with Gasteiger partial charge in [0.25, 0.3) is 0 Å². The Hall–Kier alpha value is -0.930. The molecule has 0 fully saturated rings. The number of rotatable bonds is 5. The van der Waals surface area contributed by atoms with E-state index in [2.05, 4.69) is 22.9 Å².